The molecule has 0 bridgehead atoms. The number of benzene rings is 1. The molecule has 0 aromatic heterocycles. The maximum absolute atomic E-state index is 12.8. The van der Waals surface area contributed by atoms with Gasteiger partial charge in [-0.2, -0.15) is 0 Å². The van der Waals surface area contributed by atoms with Crippen LogP contribution in [0.1, 0.15) is 44.6 Å². The van der Waals surface area contributed by atoms with E-state index in [1.165, 1.54) is 44.3 Å². The zero-order valence-electron chi connectivity index (χ0n) is 13.5. The van der Waals surface area contributed by atoms with Crippen molar-refractivity contribution in [1.29, 1.82) is 0 Å². The number of piperidine rings is 1. The lowest BCUT2D eigenvalue weighted by Gasteiger charge is -2.33. The average Bonchev–Trinajstić information content (AvgIpc) is 3.30. The smallest absolute Gasteiger partial charge is 0.227 e. The number of hydrogen-bond acceptors (Lipinski definition) is 2. The highest BCUT2D eigenvalue weighted by Crippen LogP contribution is 2.35. The van der Waals surface area contributed by atoms with Gasteiger partial charge in [0, 0.05) is 24.2 Å². The van der Waals surface area contributed by atoms with Gasteiger partial charge in [0.05, 0.1) is 0 Å². The van der Waals surface area contributed by atoms with Crippen molar-refractivity contribution >= 4 is 11.6 Å². The van der Waals surface area contributed by atoms with E-state index in [4.69, 9.17) is 0 Å². The van der Waals surface area contributed by atoms with Gasteiger partial charge in [0.25, 0.3) is 0 Å². The number of anilines is 1. The molecule has 4 rings (SSSR count). The van der Waals surface area contributed by atoms with E-state index in [1.807, 2.05) is 6.07 Å². The van der Waals surface area contributed by atoms with Gasteiger partial charge in [-0.15, -0.1) is 0 Å². The first-order chi connectivity index (χ1) is 10.7. The summed E-state index contributed by atoms with van der Waals surface area (Å²) in [6.45, 7) is 4.58. The van der Waals surface area contributed by atoms with Crippen molar-refractivity contribution in [2.75, 3.05) is 18.0 Å². The van der Waals surface area contributed by atoms with E-state index in [-0.39, 0.29) is 0 Å². The zero-order valence-corrected chi connectivity index (χ0v) is 13.5. The van der Waals surface area contributed by atoms with E-state index in [9.17, 15) is 4.79 Å². The molecule has 1 aromatic rings. The standard InChI is InChI=1S/C19H26N2O/c1-14-12-16-4-2-3-5-18(16)21(14)19(22)13-15-8-10-20(11-9-15)17-6-7-17/h2-5,14-15,17H,6-13H2,1H3. The largest absolute Gasteiger partial charge is 0.309 e. The third kappa shape index (κ3) is 2.67. The maximum atomic E-state index is 12.8. The van der Waals surface area contributed by atoms with Crippen LogP contribution in [0, 0.1) is 5.92 Å². The molecule has 2 aliphatic heterocycles. The molecule has 0 radical (unpaired) electrons. The van der Waals surface area contributed by atoms with E-state index in [0.717, 1.165) is 24.6 Å². The average molecular weight is 298 g/mol. The normalized spacial score (nSPS) is 26.2. The zero-order chi connectivity index (χ0) is 15.1. The highest BCUT2D eigenvalue weighted by molar-refractivity contribution is 5.96. The van der Waals surface area contributed by atoms with Gasteiger partial charge in [0.15, 0.2) is 0 Å². The summed E-state index contributed by atoms with van der Waals surface area (Å²) in [4.78, 5) is 17.5. The number of carbonyl (C=O) groups excluding carboxylic acids is 1. The summed E-state index contributed by atoms with van der Waals surface area (Å²) in [5.74, 6) is 0.921. The Bertz CT molecular complexity index is 558. The third-order valence-electron chi connectivity index (χ3n) is 5.65. The van der Waals surface area contributed by atoms with Crippen molar-refractivity contribution in [3.63, 3.8) is 0 Å². The minimum atomic E-state index is 0.316. The van der Waals surface area contributed by atoms with Crippen LogP contribution >= 0.6 is 0 Å². The molecule has 1 atom stereocenters. The van der Waals surface area contributed by atoms with E-state index >= 15 is 0 Å². The van der Waals surface area contributed by atoms with E-state index in [2.05, 4.69) is 34.9 Å². The SMILES string of the molecule is CC1Cc2ccccc2N1C(=O)CC1CCN(C2CC2)CC1. The second-order valence-electron chi connectivity index (χ2n) is 7.36. The molecule has 3 heteroatoms. The number of hydrogen-bond donors (Lipinski definition) is 0. The fourth-order valence-corrected chi connectivity index (χ4v) is 4.25. The predicted octanol–water partition coefficient (Wildman–Crippen LogP) is 3.23. The van der Waals surface area contributed by atoms with Crippen LogP contribution in [0.5, 0.6) is 0 Å². The molecule has 0 spiro atoms. The topological polar surface area (TPSA) is 23.6 Å². The first-order valence-electron chi connectivity index (χ1n) is 8.86. The molecular weight excluding hydrogens is 272 g/mol. The summed E-state index contributed by atoms with van der Waals surface area (Å²) in [6, 6.07) is 9.58. The molecule has 1 saturated carbocycles. The fraction of sp³-hybridized carbons (Fsp3) is 0.632. The number of fused-ring (bicyclic) bond motifs is 1. The van der Waals surface area contributed by atoms with Crippen LogP contribution in [-0.4, -0.2) is 36.0 Å². The number of rotatable bonds is 3. The van der Waals surface area contributed by atoms with Gasteiger partial charge in [0.1, 0.15) is 0 Å². The summed E-state index contributed by atoms with van der Waals surface area (Å²) in [5, 5.41) is 0. The Morgan fingerprint density at radius 3 is 2.59 bits per heavy atom. The number of nitrogens with zero attached hydrogens (tertiary/aromatic N) is 2. The van der Waals surface area contributed by atoms with Crippen molar-refractivity contribution in [2.24, 2.45) is 5.92 Å². The fourth-order valence-electron chi connectivity index (χ4n) is 4.25. The summed E-state index contributed by atoms with van der Waals surface area (Å²) in [7, 11) is 0. The van der Waals surface area contributed by atoms with Gasteiger partial charge in [-0.3, -0.25) is 4.79 Å². The van der Waals surface area contributed by atoms with Crippen LogP contribution in [0.25, 0.3) is 0 Å². The third-order valence-corrected chi connectivity index (χ3v) is 5.65. The molecular formula is C19H26N2O. The Kier molecular flexibility index (Phi) is 3.69. The highest BCUT2D eigenvalue weighted by atomic mass is 16.2. The van der Waals surface area contributed by atoms with Crippen LogP contribution in [-0.2, 0) is 11.2 Å². The number of likely N-dealkylation sites (tertiary alicyclic amines) is 1. The minimum absolute atomic E-state index is 0.316. The number of para-hydroxylation sites is 1. The monoisotopic (exact) mass is 298 g/mol. The minimum Gasteiger partial charge on any atom is -0.309 e. The van der Waals surface area contributed by atoms with Crippen molar-refractivity contribution in [3.05, 3.63) is 29.8 Å². The highest BCUT2D eigenvalue weighted by Gasteiger charge is 2.35. The Labute approximate surface area is 133 Å². The van der Waals surface area contributed by atoms with E-state index < -0.39 is 0 Å². The van der Waals surface area contributed by atoms with Gasteiger partial charge in [-0.1, -0.05) is 18.2 Å². The Morgan fingerprint density at radius 2 is 1.86 bits per heavy atom. The quantitative estimate of drug-likeness (QED) is 0.855. The first-order valence-corrected chi connectivity index (χ1v) is 8.86. The van der Waals surface area contributed by atoms with Crippen molar-refractivity contribution in [1.82, 2.24) is 4.90 Å². The Hall–Kier alpha value is -1.35. The lowest BCUT2D eigenvalue weighted by molar-refractivity contribution is -0.120. The maximum Gasteiger partial charge on any atom is 0.227 e. The van der Waals surface area contributed by atoms with Gasteiger partial charge in [-0.05, 0) is 69.7 Å². The lowest BCUT2D eigenvalue weighted by atomic mass is 9.92. The van der Waals surface area contributed by atoms with Gasteiger partial charge >= 0.3 is 0 Å². The van der Waals surface area contributed by atoms with E-state index in [0.29, 0.717) is 17.9 Å². The van der Waals surface area contributed by atoms with Crippen LogP contribution in [0.2, 0.25) is 0 Å². The molecule has 1 aliphatic carbocycles. The number of carbonyl (C=O) groups is 1. The molecule has 2 heterocycles. The molecule has 2 fully saturated rings. The molecule has 0 N–H and O–H groups in total. The van der Waals surface area contributed by atoms with Crippen LogP contribution in [0.15, 0.2) is 24.3 Å². The molecule has 1 unspecified atom stereocenters. The molecule has 1 amide bonds. The summed E-state index contributed by atoms with van der Waals surface area (Å²) < 4.78 is 0. The van der Waals surface area contributed by atoms with Crippen LogP contribution < -0.4 is 4.90 Å². The molecule has 1 aromatic carbocycles. The molecule has 3 aliphatic rings. The second kappa shape index (κ2) is 5.69. The van der Waals surface area contributed by atoms with Crippen molar-refractivity contribution < 1.29 is 4.79 Å². The van der Waals surface area contributed by atoms with Gasteiger partial charge in [-0.25, -0.2) is 0 Å². The van der Waals surface area contributed by atoms with Gasteiger partial charge in [0.2, 0.25) is 5.91 Å². The molecule has 3 nitrogen and oxygen atoms in total. The van der Waals surface area contributed by atoms with Crippen LogP contribution in [0.4, 0.5) is 5.69 Å². The Morgan fingerprint density at radius 1 is 1.14 bits per heavy atom. The summed E-state index contributed by atoms with van der Waals surface area (Å²) >= 11 is 0. The summed E-state index contributed by atoms with van der Waals surface area (Å²) in [5.41, 5.74) is 2.47. The van der Waals surface area contributed by atoms with Crippen LogP contribution in [0.3, 0.4) is 0 Å². The Balaban J connectivity index is 1.38. The molecule has 1 saturated heterocycles. The van der Waals surface area contributed by atoms with E-state index in [1.54, 1.807) is 0 Å². The van der Waals surface area contributed by atoms with Crippen molar-refractivity contribution in [2.45, 2.75) is 57.5 Å². The van der Waals surface area contributed by atoms with Gasteiger partial charge < -0.3 is 9.80 Å². The predicted molar refractivity (Wildman–Crippen MR) is 89.0 cm³/mol. The molecule has 22 heavy (non-hydrogen) atoms. The second-order valence-corrected chi connectivity index (χ2v) is 7.36. The summed E-state index contributed by atoms with van der Waals surface area (Å²) in [6.07, 6.45) is 6.93. The number of amides is 1. The first kappa shape index (κ1) is 14.3. The molecule has 118 valence electrons. The lowest BCUT2D eigenvalue weighted by Crippen LogP contribution is -2.40. The van der Waals surface area contributed by atoms with Crippen molar-refractivity contribution in [3.8, 4) is 0 Å².